The number of rotatable bonds is 8. The molecule has 13 heavy (non-hydrogen) atoms. The molecule has 0 amide bonds. The van der Waals surface area contributed by atoms with E-state index in [4.69, 9.17) is 0 Å². The van der Waals surface area contributed by atoms with E-state index in [-0.39, 0.29) is 0 Å². The molecule has 0 unspecified atom stereocenters. The van der Waals surface area contributed by atoms with Crippen molar-refractivity contribution in [1.82, 2.24) is 0 Å². The minimum Gasteiger partial charge on any atom is -0.0925 e. The quantitative estimate of drug-likeness (QED) is 0.414. The molecule has 0 aliphatic heterocycles. The first-order valence-electron chi connectivity index (χ1n) is 5.59. The van der Waals surface area contributed by atoms with Gasteiger partial charge in [0.05, 0.1) is 0 Å². The van der Waals surface area contributed by atoms with Gasteiger partial charge in [-0.3, -0.25) is 0 Å². The summed E-state index contributed by atoms with van der Waals surface area (Å²) in [4.78, 5) is 0. The monoisotopic (exact) mass is 246 g/mol. The van der Waals surface area contributed by atoms with Gasteiger partial charge in [0, 0.05) is 5.33 Å². The third kappa shape index (κ3) is 8.55. The van der Waals surface area contributed by atoms with Gasteiger partial charge in [0.2, 0.25) is 0 Å². The number of unbranched alkanes of at least 4 members (excludes halogenated alkanes) is 2. The standard InChI is InChI=1S/C12H23Br/c1-3-5-8-12(9-6-4-2)10-7-11-13/h10H,3-9,11H2,1-2H3. The molecule has 0 rings (SSSR count). The maximum Gasteiger partial charge on any atom is 0.00660 e. The van der Waals surface area contributed by atoms with E-state index >= 15 is 0 Å². The normalized spacial score (nSPS) is 10.1. The molecule has 0 saturated heterocycles. The van der Waals surface area contributed by atoms with Crippen molar-refractivity contribution in [2.45, 2.75) is 58.8 Å². The average Bonchev–Trinajstić information content (AvgIpc) is 2.17. The van der Waals surface area contributed by atoms with E-state index in [1.165, 1.54) is 44.9 Å². The summed E-state index contributed by atoms with van der Waals surface area (Å²) in [7, 11) is 0. The highest BCUT2D eigenvalue weighted by molar-refractivity contribution is 9.09. The zero-order chi connectivity index (χ0) is 9.94. The summed E-state index contributed by atoms with van der Waals surface area (Å²) in [6.07, 6.45) is 11.6. The van der Waals surface area contributed by atoms with Crippen LogP contribution in [0.2, 0.25) is 0 Å². The molecule has 0 fully saturated rings. The van der Waals surface area contributed by atoms with Gasteiger partial charge in [0.15, 0.2) is 0 Å². The number of hydrogen-bond acceptors (Lipinski definition) is 0. The van der Waals surface area contributed by atoms with E-state index in [0.717, 1.165) is 5.33 Å². The van der Waals surface area contributed by atoms with Gasteiger partial charge < -0.3 is 0 Å². The van der Waals surface area contributed by atoms with E-state index < -0.39 is 0 Å². The molecule has 0 atom stereocenters. The van der Waals surface area contributed by atoms with Crippen LogP contribution in [0.3, 0.4) is 0 Å². The molecule has 0 N–H and O–H groups in total. The molecule has 0 aromatic heterocycles. The summed E-state index contributed by atoms with van der Waals surface area (Å²) in [5.74, 6) is 0. The molecule has 0 nitrogen and oxygen atoms in total. The van der Waals surface area contributed by atoms with Crippen LogP contribution in [0.1, 0.15) is 58.8 Å². The van der Waals surface area contributed by atoms with Crippen LogP contribution < -0.4 is 0 Å². The molecule has 78 valence electrons. The van der Waals surface area contributed by atoms with Gasteiger partial charge in [0.25, 0.3) is 0 Å². The van der Waals surface area contributed by atoms with Gasteiger partial charge in [-0.2, -0.15) is 0 Å². The molecular weight excluding hydrogens is 224 g/mol. The van der Waals surface area contributed by atoms with Gasteiger partial charge >= 0.3 is 0 Å². The molecule has 0 radical (unpaired) electrons. The Bertz CT molecular complexity index is 117. The molecular formula is C12H23Br. The highest BCUT2D eigenvalue weighted by atomic mass is 79.9. The van der Waals surface area contributed by atoms with Crippen LogP contribution in [-0.4, -0.2) is 5.33 Å². The van der Waals surface area contributed by atoms with Crippen LogP contribution in [-0.2, 0) is 0 Å². The fraction of sp³-hybridized carbons (Fsp3) is 0.833. The predicted octanol–water partition coefficient (Wildman–Crippen LogP) is 5.08. The van der Waals surface area contributed by atoms with Crippen molar-refractivity contribution in [3.05, 3.63) is 11.6 Å². The fourth-order valence-electron chi connectivity index (χ4n) is 1.40. The van der Waals surface area contributed by atoms with Gasteiger partial charge in [-0.25, -0.2) is 0 Å². The van der Waals surface area contributed by atoms with Gasteiger partial charge in [0.1, 0.15) is 0 Å². The summed E-state index contributed by atoms with van der Waals surface area (Å²) >= 11 is 3.47. The zero-order valence-electron chi connectivity index (χ0n) is 9.11. The first-order chi connectivity index (χ1) is 6.35. The maximum absolute atomic E-state index is 3.47. The second-order valence-corrected chi connectivity index (χ2v) is 4.34. The molecule has 0 aliphatic rings. The first-order valence-corrected chi connectivity index (χ1v) is 6.71. The van der Waals surface area contributed by atoms with Gasteiger partial charge in [-0.1, -0.05) is 54.3 Å². The van der Waals surface area contributed by atoms with Crippen LogP contribution in [0, 0.1) is 0 Å². The topological polar surface area (TPSA) is 0 Å². The molecule has 0 aliphatic carbocycles. The summed E-state index contributed by atoms with van der Waals surface area (Å²) in [6, 6.07) is 0. The Labute approximate surface area is 91.9 Å². The number of allylic oxidation sites excluding steroid dienone is 2. The van der Waals surface area contributed by atoms with E-state index in [2.05, 4.69) is 35.9 Å². The van der Waals surface area contributed by atoms with Crippen molar-refractivity contribution in [2.75, 3.05) is 5.33 Å². The lowest BCUT2D eigenvalue weighted by Crippen LogP contribution is -1.86. The van der Waals surface area contributed by atoms with Crippen LogP contribution in [0.25, 0.3) is 0 Å². The van der Waals surface area contributed by atoms with E-state index in [0.29, 0.717) is 0 Å². The van der Waals surface area contributed by atoms with Gasteiger partial charge in [-0.15, -0.1) is 0 Å². The zero-order valence-corrected chi connectivity index (χ0v) is 10.7. The van der Waals surface area contributed by atoms with Crippen molar-refractivity contribution in [3.8, 4) is 0 Å². The SMILES string of the molecule is CCCCC(=CCCBr)CCCC. The molecule has 1 heteroatoms. The van der Waals surface area contributed by atoms with Crippen LogP contribution in [0.4, 0.5) is 0 Å². The van der Waals surface area contributed by atoms with E-state index in [1.807, 2.05) is 0 Å². The summed E-state index contributed by atoms with van der Waals surface area (Å²) < 4.78 is 0. The second kappa shape index (κ2) is 10.3. The number of alkyl halides is 1. The Morgan fingerprint density at radius 3 is 2.00 bits per heavy atom. The molecule has 0 aromatic carbocycles. The lowest BCUT2D eigenvalue weighted by atomic mass is 10.0. The Morgan fingerprint density at radius 2 is 1.62 bits per heavy atom. The van der Waals surface area contributed by atoms with Crippen molar-refractivity contribution < 1.29 is 0 Å². The number of hydrogen-bond donors (Lipinski definition) is 0. The minimum absolute atomic E-state index is 1.11. The Kier molecular flexibility index (Phi) is 10.5. The minimum atomic E-state index is 1.11. The Morgan fingerprint density at radius 1 is 1.08 bits per heavy atom. The fourth-order valence-corrected chi connectivity index (χ4v) is 1.62. The highest BCUT2D eigenvalue weighted by Crippen LogP contribution is 2.15. The van der Waals surface area contributed by atoms with Gasteiger partial charge in [-0.05, 0) is 32.1 Å². The highest BCUT2D eigenvalue weighted by Gasteiger charge is 1.96. The van der Waals surface area contributed by atoms with Crippen molar-refractivity contribution in [1.29, 1.82) is 0 Å². The molecule has 0 aromatic rings. The molecule has 0 bridgehead atoms. The number of halogens is 1. The summed E-state index contributed by atoms with van der Waals surface area (Å²) in [5.41, 5.74) is 1.68. The smallest absolute Gasteiger partial charge is 0.00660 e. The lowest BCUT2D eigenvalue weighted by molar-refractivity contribution is 0.709. The average molecular weight is 247 g/mol. The van der Waals surface area contributed by atoms with Crippen molar-refractivity contribution >= 4 is 15.9 Å². The van der Waals surface area contributed by atoms with Crippen molar-refractivity contribution in [3.63, 3.8) is 0 Å². The van der Waals surface area contributed by atoms with Crippen LogP contribution in [0.15, 0.2) is 11.6 Å². The molecule has 0 heterocycles. The van der Waals surface area contributed by atoms with Crippen LogP contribution >= 0.6 is 15.9 Å². The third-order valence-corrected chi connectivity index (χ3v) is 2.70. The second-order valence-electron chi connectivity index (χ2n) is 3.55. The largest absolute Gasteiger partial charge is 0.0925 e. The van der Waals surface area contributed by atoms with E-state index in [1.54, 1.807) is 5.57 Å². The molecule has 0 spiro atoms. The molecule has 0 saturated carbocycles. The maximum atomic E-state index is 3.47. The van der Waals surface area contributed by atoms with E-state index in [9.17, 15) is 0 Å². The third-order valence-electron chi connectivity index (χ3n) is 2.25. The summed E-state index contributed by atoms with van der Waals surface area (Å²) in [6.45, 7) is 4.53. The Balaban J connectivity index is 3.72. The lowest BCUT2D eigenvalue weighted by Gasteiger charge is -2.05. The predicted molar refractivity (Wildman–Crippen MR) is 65.5 cm³/mol. The van der Waals surface area contributed by atoms with Crippen molar-refractivity contribution in [2.24, 2.45) is 0 Å². The summed E-state index contributed by atoms with van der Waals surface area (Å²) in [5, 5.41) is 1.11. The van der Waals surface area contributed by atoms with Crippen LogP contribution in [0.5, 0.6) is 0 Å². The first kappa shape index (κ1) is 13.2. The Hall–Kier alpha value is 0.220.